The molecule has 1 aliphatic heterocycles. The Balaban J connectivity index is 2.09. The van der Waals surface area contributed by atoms with Crippen molar-refractivity contribution in [2.24, 2.45) is 0 Å². The van der Waals surface area contributed by atoms with Crippen molar-refractivity contribution in [3.63, 3.8) is 0 Å². The van der Waals surface area contributed by atoms with E-state index in [0.29, 0.717) is 25.1 Å². The molecule has 1 heterocycles. The highest BCUT2D eigenvalue weighted by Crippen LogP contribution is 2.30. The zero-order valence-corrected chi connectivity index (χ0v) is 9.35. The van der Waals surface area contributed by atoms with Crippen molar-refractivity contribution in [2.45, 2.75) is 19.3 Å². The summed E-state index contributed by atoms with van der Waals surface area (Å²) in [6.07, 6.45) is 0.895. The number of benzene rings is 1. The number of amides is 1. The Labute approximate surface area is 98.8 Å². The van der Waals surface area contributed by atoms with E-state index < -0.39 is 5.97 Å². The number of nitrogens with zero attached hydrogens (tertiary/aromatic N) is 1. The van der Waals surface area contributed by atoms with Gasteiger partial charge in [0.05, 0.1) is 6.42 Å². The van der Waals surface area contributed by atoms with E-state index in [9.17, 15) is 9.59 Å². The fourth-order valence-electron chi connectivity index (χ4n) is 2.04. The number of hydrogen-bond donors (Lipinski definition) is 2. The van der Waals surface area contributed by atoms with Gasteiger partial charge in [0, 0.05) is 24.3 Å². The van der Waals surface area contributed by atoms with Gasteiger partial charge in [-0.05, 0) is 30.2 Å². The summed E-state index contributed by atoms with van der Waals surface area (Å²) in [4.78, 5) is 23.8. The number of fused-ring (bicyclic) bond motifs is 1. The molecule has 17 heavy (non-hydrogen) atoms. The fraction of sp³-hybridized carbons (Fsp3) is 0.333. The third-order valence-electron chi connectivity index (χ3n) is 2.81. The Morgan fingerprint density at radius 2 is 2.24 bits per heavy atom. The monoisotopic (exact) mass is 234 g/mol. The highest BCUT2D eigenvalue weighted by Gasteiger charge is 2.26. The Morgan fingerprint density at radius 1 is 1.47 bits per heavy atom. The first-order chi connectivity index (χ1) is 8.08. The highest BCUT2D eigenvalue weighted by molar-refractivity contribution is 6.01. The molecule has 0 saturated heterocycles. The van der Waals surface area contributed by atoms with Gasteiger partial charge < -0.3 is 15.7 Å². The van der Waals surface area contributed by atoms with Crippen molar-refractivity contribution >= 4 is 23.3 Å². The van der Waals surface area contributed by atoms with Crippen LogP contribution in [0.4, 0.5) is 11.4 Å². The molecule has 0 atom stereocenters. The Kier molecular flexibility index (Phi) is 2.99. The van der Waals surface area contributed by atoms with E-state index in [1.54, 1.807) is 17.0 Å². The van der Waals surface area contributed by atoms with Crippen LogP contribution < -0.4 is 10.6 Å². The molecule has 5 heteroatoms. The summed E-state index contributed by atoms with van der Waals surface area (Å²) in [7, 11) is 0. The first kappa shape index (κ1) is 11.4. The lowest BCUT2D eigenvalue weighted by Gasteiger charge is -2.16. The van der Waals surface area contributed by atoms with Crippen LogP contribution in [-0.4, -0.2) is 23.5 Å². The molecule has 0 bridgehead atoms. The summed E-state index contributed by atoms with van der Waals surface area (Å²) in [5.74, 6) is -0.829. The number of rotatable bonds is 4. The maximum Gasteiger partial charge on any atom is 0.303 e. The number of nitrogen functional groups attached to an aromatic ring is 1. The molecular formula is C12H14N2O3. The van der Waals surface area contributed by atoms with Crippen molar-refractivity contribution in [3.8, 4) is 0 Å². The first-order valence-electron chi connectivity index (χ1n) is 5.48. The van der Waals surface area contributed by atoms with Gasteiger partial charge >= 0.3 is 5.97 Å². The summed E-state index contributed by atoms with van der Waals surface area (Å²) in [6.45, 7) is 0.446. The van der Waals surface area contributed by atoms with E-state index in [2.05, 4.69) is 0 Å². The average Bonchev–Trinajstić information content (AvgIpc) is 2.54. The molecular weight excluding hydrogens is 220 g/mol. The minimum Gasteiger partial charge on any atom is -0.481 e. The van der Waals surface area contributed by atoms with Gasteiger partial charge in [0.15, 0.2) is 0 Å². The van der Waals surface area contributed by atoms with Crippen molar-refractivity contribution in [2.75, 3.05) is 17.2 Å². The van der Waals surface area contributed by atoms with Crippen LogP contribution in [0.3, 0.4) is 0 Å². The van der Waals surface area contributed by atoms with E-state index in [-0.39, 0.29) is 12.3 Å². The number of hydrogen-bond acceptors (Lipinski definition) is 3. The second kappa shape index (κ2) is 4.45. The van der Waals surface area contributed by atoms with Gasteiger partial charge in [-0.2, -0.15) is 0 Å². The summed E-state index contributed by atoms with van der Waals surface area (Å²) in [5.41, 5.74) is 8.07. The number of aliphatic carboxylic acids is 1. The molecule has 0 aromatic heterocycles. The van der Waals surface area contributed by atoms with Crippen LogP contribution in [0.2, 0.25) is 0 Å². The number of carbonyl (C=O) groups excluding carboxylic acids is 1. The van der Waals surface area contributed by atoms with Crippen molar-refractivity contribution in [3.05, 3.63) is 23.8 Å². The van der Waals surface area contributed by atoms with Gasteiger partial charge in [0.25, 0.3) is 0 Å². The molecule has 3 N–H and O–H groups in total. The molecule has 5 nitrogen and oxygen atoms in total. The van der Waals surface area contributed by atoms with Crippen LogP contribution in [0.1, 0.15) is 18.4 Å². The summed E-state index contributed by atoms with van der Waals surface area (Å²) >= 11 is 0. The molecule has 0 aliphatic carbocycles. The normalized spacial score (nSPS) is 13.9. The van der Waals surface area contributed by atoms with Crippen molar-refractivity contribution in [1.82, 2.24) is 0 Å². The number of nitrogens with two attached hydrogens (primary N) is 1. The van der Waals surface area contributed by atoms with Crippen LogP contribution in [0.25, 0.3) is 0 Å². The number of carboxylic acids is 1. The smallest absolute Gasteiger partial charge is 0.303 e. The van der Waals surface area contributed by atoms with E-state index in [1.807, 2.05) is 6.07 Å². The predicted molar refractivity (Wildman–Crippen MR) is 63.8 cm³/mol. The van der Waals surface area contributed by atoms with E-state index >= 15 is 0 Å². The van der Waals surface area contributed by atoms with Gasteiger partial charge in [-0.15, -0.1) is 0 Å². The van der Waals surface area contributed by atoms with Crippen LogP contribution >= 0.6 is 0 Å². The summed E-state index contributed by atoms with van der Waals surface area (Å²) in [6, 6.07) is 5.36. The number of carboxylic acid groups (broad SMARTS) is 1. The van der Waals surface area contributed by atoms with E-state index in [4.69, 9.17) is 10.8 Å². The lowest BCUT2D eigenvalue weighted by atomic mass is 10.1. The molecule has 0 fully saturated rings. The average molecular weight is 234 g/mol. The second-order valence-corrected chi connectivity index (χ2v) is 4.11. The Morgan fingerprint density at radius 3 is 2.94 bits per heavy atom. The van der Waals surface area contributed by atoms with E-state index in [1.165, 1.54) is 0 Å². The summed E-state index contributed by atoms with van der Waals surface area (Å²) in [5, 5.41) is 8.56. The number of anilines is 2. The van der Waals surface area contributed by atoms with Crippen LogP contribution in [0.15, 0.2) is 18.2 Å². The maximum absolute atomic E-state index is 11.8. The number of carbonyl (C=O) groups is 2. The zero-order chi connectivity index (χ0) is 12.4. The second-order valence-electron chi connectivity index (χ2n) is 4.11. The van der Waals surface area contributed by atoms with Crippen molar-refractivity contribution in [1.29, 1.82) is 0 Å². The molecule has 2 rings (SSSR count). The minimum atomic E-state index is -0.839. The molecule has 0 saturated carbocycles. The zero-order valence-electron chi connectivity index (χ0n) is 9.35. The van der Waals surface area contributed by atoms with Crippen LogP contribution in [-0.2, 0) is 16.0 Å². The molecule has 1 aromatic carbocycles. The predicted octanol–water partition coefficient (Wildman–Crippen LogP) is 1.02. The molecule has 0 radical (unpaired) electrons. The lowest BCUT2D eigenvalue weighted by Crippen LogP contribution is -2.28. The fourth-order valence-corrected chi connectivity index (χ4v) is 2.04. The molecule has 1 aliphatic rings. The van der Waals surface area contributed by atoms with Gasteiger partial charge in [0.2, 0.25) is 5.91 Å². The van der Waals surface area contributed by atoms with Gasteiger partial charge in [-0.25, -0.2) is 0 Å². The van der Waals surface area contributed by atoms with Gasteiger partial charge in [-0.1, -0.05) is 0 Å². The Bertz CT molecular complexity index is 471. The van der Waals surface area contributed by atoms with E-state index in [0.717, 1.165) is 11.3 Å². The standard InChI is InChI=1S/C12H14N2O3/c13-9-3-4-10-8(6-9)7-11(15)14(10)5-1-2-12(16)17/h3-4,6H,1-2,5,7,13H2,(H,16,17). The SMILES string of the molecule is Nc1ccc2c(c1)CC(=O)N2CCCC(=O)O. The highest BCUT2D eigenvalue weighted by atomic mass is 16.4. The third-order valence-corrected chi connectivity index (χ3v) is 2.81. The molecule has 0 spiro atoms. The molecule has 1 amide bonds. The van der Waals surface area contributed by atoms with Crippen LogP contribution in [0.5, 0.6) is 0 Å². The minimum absolute atomic E-state index is 0.0102. The van der Waals surface area contributed by atoms with Crippen LogP contribution in [0, 0.1) is 0 Å². The molecule has 90 valence electrons. The largest absolute Gasteiger partial charge is 0.481 e. The molecule has 1 aromatic rings. The van der Waals surface area contributed by atoms with Crippen molar-refractivity contribution < 1.29 is 14.7 Å². The quantitative estimate of drug-likeness (QED) is 0.762. The van der Waals surface area contributed by atoms with Gasteiger partial charge in [0.1, 0.15) is 0 Å². The maximum atomic E-state index is 11.8. The first-order valence-corrected chi connectivity index (χ1v) is 5.48. The topological polar surface area (TPSA) is 83.6 Å². The van der Waals surface area contributed by atoms with Gasteiger partial charge in [-0.3, -0.25) is 9.59 Å². The third kappa shape index (κ3) is 2.38. The molecule has 0 unspecified atom stereocenters. The lowest BCUT2D eigenvalue weighted by molar-refractivity contribution is -0.137. The summed E-state index contributed by atoms with van der Waals surface area (Å²) < 4.78 is 0. The Hall–Kier alpha value is -2.04.